The third-order valence-electron chi connectivity index (χ3n) is 6.67. The van der Waals surface area contributed by atoms with Crippen LogP contribution in [-0.4, -0.2) is 26.5 Å². The number of nitrogens with one attached hydrogen (secondary N) is 1. The maximum Gasteiger partial charge on any atom is 0.233 e. The molecule has 4 nitrogen and oxygen atoms in total. The lowest BCUT2D eigenvalue weighted by atomic mass is 9.53. The molecule has 1 N–H and O–H groups in total. The van der Waals surface area contributed by atoms with Crippen LogP contribution in [0.4, 0.5) is 0 Å². The quantitative estimate of drug-likeness (QED) is 0.442. The molecule has 8 heteroatoms. The minimum Gasteiger partial charge on any atom is -0.350 e. The molecule has 4 aliphatic carbocycles. The van der Waals surface area contributed by atoms with Gasteiger partial charge in [0.15, 0.2) is 8.29 Å². The molecule has 4 aliphatic rings. The van der Waals surface area contributed by atoms with Crippen LogP contribution in [0.15, 0.2) is 28.6 Å². The number of rotatable bonds is 5. The van der Waals surface area contributed by atoms with Gasteiger partial charge in [-0.25, -0.2) is 4.68 Å². The molecule has 0 saturated heterocycles. The summed E-state index contributed by atoms with van der Waals surface area (Å²) in [5.41, 5.74) is 0.934. The number of aromatic nitrogens is 2. The zero-order chi connectivity index (χ0) is 20.2. The molecular formula is C21H24ClN3OS3. The Hall–Kier alpha value is -0.890. The number of amides is 1. The van der Waals surface area contributed by atoms with Crippen LogP contribution in [0.5, 0.6) is 0 Å². The van der Waals surface area contributed by atoms with Crippen molar-refractivity contribution in [2.45, 2.75) is 60.6 Å². The maximum atomic E-state index is 13.0. The van der Waals surface area contributed by atoms with E-state index in [2.05, 4.69) is 10.4 Å². The van der Waals surface area contributed by atoms with Crippen molar-refractivity contribution in [2.75, 3.05) is 0 Å². The first-order valence-corrected chi connectivity index (χ1v) is 12.7. The van der Waals surface area contributed by atoms with E-state index in [-0.39, 0.29) is 16.7 Å². The molecule has 29 heavy (non-hydrogen) atoms. The highest BCUT2D eigenvalue weighted by molar-refractivity contribution is 8.02. The van der Waals surface area contributed by atoms with Gasteiger partial charge >= 0.3 is 0 Å². The van der Waals surface area contributed by atoms with E-state index in [4.69, 9.17) is 23.8 Å². The van der Waals surface area contributed by atoms with Gasteiger partial charge < -0.3 is 5.32 Å². The van der Waals surface area contributed by atoms with E-state index < -0.39 is 0 Å². The molecule has 1 atom stereocenters. The van der Waals surface area contributed by atoms with Crippen LogP contribution in [0.1, 0.15) is 45.4 Å². The molecule has 0 spiro atoms. The summed E-state index contributed by atoms with van der Waals surface area (Å²) >= 11 is 14.4. The van der Waals surface area contributed by atoms with Crippen molar-refractivity contribution in [3.63, 3.8) is 0 Å². The summed E-state index contributed by atoms with van der Waals surface area (Å²) in [6.45, 7) is 1.97. The molecule has 1 aromatic carbocycles. The number of hydrogen-bond donors (Lipinski definition) is 1. The molecule has 2 aromatic rings. The Morgan fingerprint density at radius 1 is 1.24 bits per heavy atom. The smallest absolute Gasteiger partial charge is 0.233 e. The van der Waals surface area contributed by atoms with Gasteiger partial charge in [-0.2, -0.15) is 0 Å². The van der Waals surface area contributed by atoms with E-state index >= 15 is 0 Å². The minimum atomic E-state index is -0.192. The second-order valence-electron chi connectivity index (χ2n) is 8.97. The van der Waals surface area contributed by atoms with Crippen molar-refractivity contribution in [3.8, 4) is 5.69 Å². The predicted octanol–water partition coefficient (Wildman–Crippen LogP) is 5.88. The second kappa shape index (κ2) is 7.66. The number of hydrogen-bond acceptors (Lipinski definition) is 5. The van der Waals surface area contributed by atoms with Crippen LogP contribution >= 0.6 is 46.9 Å². The van der Waals surface area contributed by atoms with Crippen LogP contribution in [0, 0.1) is 21.7 Å². The average Bonchev–Trinajstić information content (AvgIpc) is 3.01. The Morgan fingerprint density at radius 3 is 2.41 bits per heavy atom. The SMILES string of the molecule is CC(Sc1nn(-c2ccc(Cl)cc2)c(=S)s1)C(=O)NC12CC3CC(CC(C3)C1)C2. The van der Waals surface area contributed by atoms with Crippen LogP contribution < -0.4 is 5.32 Å². The average molecular weight is 466 g/mol. The van der Waals surface area contributed by atoms with Crippen molar-refractivity contribution in [1.29, 1.82) is 0 Å². The summed E-state index contributed by atoms with van der Waals surface area (Å²) in [5, 5.41) is 8.59. The van der Waals surface area contributed by atoms with Crippen molar-refractivity contribution >= 4 is 52.8 Å². The highest BCUT2D eigenvalue weighted by Gasteiger charge is 2.51. The second-order valence-corrected chi connectivity index (χ2v) is 12.6. The van der Waals surface area contributed by atoms with E-state index in [0.29, 0.717) is 8.98 Å². The Labute approximate surface area is 189 Å². The number of carbonyl (C=O) groups excluding carboxylic acids is 1. The van der Waals surface area contributed by atoms with Gasteiger partial charge in [-0.05, 0) is 99.7 Å². The highest BCUT2D eigenvalue weighted by atomic mass is 35.5. The monoisotopic (exact) mass is 465 g/mol. The van der Waals surface area contributed by atoms with E-state index in [1.165, 1.54) is 61.6 Å². The van der Waals surface area contributed by atoms with E-state index in [1.807, 2.05) is 31.2 Å². The summed E-state index contributed by atoms with van der Waals surface area (Å²) in [5.74, 6) is 2.61. The lowest BCUT2D eigenvalue weighted by molar-refractivity contribution is -0.126. The van der Waals surface area contributed by atoms with Crippen molar-refractivity contribution in [3.05, 3.63) is 33.2 Å². The van der Waals surface area contributed by atoms with Crippen LogP contribution in [0.3, 0.4) is 0 Å². The largest absolute Gasteiger partial charge is 0.350 e. The Bertz CT molecular complexity index is 949. The van der Waals surface area contributed by atoms with Crippen LogP contribution in [-0.2, 0) is 4.79 Å². The summed E-state index contributed by atoms with van der Waals surface area (Å²) in [6.07, 6.45) is 7.66. The molecule has 1 aromatic heterocycles. The number of halogens is 1. The highest BCUT2D eigenvalue weighted by Crippen LogP contribution is 2.55. The topological polar surface area (TPSA) is 46.9 Å². The van der Waals surface area contributed by atoms with Gasteiger partial charge in [-0.3, -0.25) is 4.79 Å². The molecule has 1 unspecified atom stereocenters. The number of nitrogens with zero attached hydrogens (tertiary/aromatic N) is 2. The number of benzene rings is 1. The van der Waals surface area contributed by atoms with Gasteiger partial charge in [0.05, 0.1) is 10.9 Å². The fourth-order valence-electron chi connectivity index (χ4n) is 5.89. The summed E-state index contributed by atoms with van der Waals surface area (Å²) in [4.78, 5) is 13.0. The third kappa shape index (κ3) is 4.03. The standard InChI is InChI=1S/C21H24ClN3OS3/c1-12(18(26)23-21-9-13-6-14(10-21)8-15(7-13)11-21)28-19-24-25(20(27)29-19)17-4-2-16(22)3-5-17/h2-5,12-15H,6-11H2,1H3,(H,23,26). The van der Waals surface area contributed by atoms with Crippen molar-refractivity contribution in [1.82, 2.24) is 15.1 Å². The van der Waals surface area contributed by atoms with E-state index in [0.717, 1.165) is 27.8 Å². The Morgan fingerprint density at radius 2 is 1.83 bits per heavy atom. The van der Waals surface area contributed by atoms with Gasteiger partial charge in [0, 0.05) is 10.6 Å². The van der Waals surface area contributed by atoms with Gasteiger partial charge in [-0.1, -0.05) is 34.7 Å². The Kier molecular flexibility index (Phi) is 5.29. The zero-order valence-electron chi connectivity index (χ0n) is 16.3. The lowest BCUT2D eigenvalue weighted by Gasteiger charge is -2.57. The predicted molar refractivity (Wildman–Crippen MR) is 122 cm³/mol. The molecule has 0 radical (unpaired) electrons. The normalized spacial score (nSPS) is 31.0. The molecule has 154 valence electrons. The van der Waals surface area contributed by atoms with Gasteiger partial charge in [0.25, 0.3) is 0 Å². The fraction of sp³-hybridized carbons (Fsp3) is 0.571. The zero-order valence-corrected chi connectivity index (χ0v) is 19.5. The number of thioether (sulfide) groups is 1. The van der Waals surface area contributed by atoms with Crippen molar-refractivity contribution < 1.29 is 4.79 Å². The first-order valence-electron chi connectivity index (χ1n) is 10.2. The van der Waals surface area contributed by atoms with Gasteiger partial charge in [0.2, 0.25) is 5.91 Å². The molecule has 1 heterocycles. The minimum absolute atomic E-state index is 0.0515. The molecule has 1 amide bonds. The van der Waals surface area contributed by atoms with Crippen LogP contribution in [0.25, 0.3) is 5.69 Å². The summed E-state index contributed by atoms with van der Waals surface area (Å²) in [7, 11) is 0. The lowest BCUT2D eigenvalue weighted by Crippen LogP contribution is -2.60. The molecule has 4 bridgehead atoms. The van der Waals surface area contributed by atoms with E-state index in [9.17, 15) is 4.79 Å². The van der Waals surface area contributed by atoms with Crippen LogP contribution in [0.2, 0.25) is 5.02 Å². The molecule has 0 aliphatic heterocycles. The first kappa shape index (κ1) is 20.0. The van der Waals surface area contributed by atoms with Gasteiger partial charge in [-0.15, -0.1) is 5.10 Å². The summed E-state index contributed by atoms with van der Waals surface area (Å²) < 4.78 is 3.23. The van der Waals surface area contributed by atoms with Crippen molar-refractivity contribution in [2.24, 2.45) is 17.8 Å². The maximum absolute atomic E-state index is 13.0. The third-order valence-corrected chi connectivity index (χ3v) is 9.34. The van der Waals surface area contributed by atoms with E-state index in [1.54, 1.807) is 4.68 Å². The molecular weight excluding hydrogens is 442 g/mol. The first-order chi connectivity index (χ1) is 13.9. The molecule has 4 fully saturated rings. The Balaban J connectivity index is 1.26. The molecule has 4 saturated carbocycles. The fourth-order valence-corrected chi connectivity index (χ4v) is 8.52. The van der Waals surface area contributed by atoms with Gasteiger partial charge in [0.1, 0.15) is 0 Å². The number of carbonyl (C=O) groups is 1. The molecule has 6 rings (SSSR count). The summed E-state index contributed by atoms with van der Waals surface area (Å²) in [6, 6.07) is 7.45.